The smallest absolute Gasteiger partial charge is 0.345 e. The van der Waals surface area contributed by atoms with Crippen LogP contribution >= 0.6 is 27.5 Å². The first-order valence-corrected chi connectivity index (χ1v) is 12.5. The summed E-state index contributed by atoms with van der Waals surface area (Å²) in [6.45, 7) is 6.55. The summed E-state index contributed by atoms with van der Waals surface area (Å²) in [6, 6.07) is 20.3. The van der Waals surface area contributed by atoms with Crippen molar-refractivity contribution in [1.29, 1.82) is 0 Å². The fourth-order valence-corrected chi connectivity index (χ4v) is 4.42. The van der Waals surface area contributed by atoms with E-state index in [9.17, 15) is 9.59 Å². The van der Waals surface area contributed by atoms with Crippen LogP contribution in [-0.4, -0.2) is 18.1 Å². The molecule has 2 atom stereocenters. The van der Waals surface area contributed by atoms with Crippen molar-refractivity contribution in [2.24, 2.45) is 11.0 Å². The van der Waals surface area contributed by atoms with Gasteiger partial charge in [0.15, 0.2) is 0 Å². The lowest BCUT2D eigenvalue weighted by Crippen LogP contribution is -2.20. The van der Waals surface area contributed by atoms with Gasteiger partial charge in [-0.25, -0.2) is 10.2 Å². The summed E-state index contributed by atoms with van der Waals surface area (Å²) in [5.41, 5.74) is 5.96. The highest BCUT2D eigenvalue weighted by molar-refractivity contribution is 9.10. The Morgan fingerprint density at radius 1 is 1.09 bits per heavy atom. The van der Waals surface area contributed by atoms with Crippen molar-refractivity contribution in [2.75, 3.05) is 0 Å². The van der Waals surface area contributed by atoms with Crippen LogP contribution in [0.1, 0.15) is 60.2 Å². The number of hydrazone groups is 1. The maximum absolute atomic E-state index is 12.6. The minimum Gasteiger partial charge on any atom is -0.422 e. The molecule has 1 fully saturated rings. The predicted molar refractivity (Wildman–Crippen MR) is 142 cm³/mol. The lowest BCUT2D eigenvalue weighted by molar-refractivity contribution is -0.122. The van der Waals surface area contributed by atoms with E-state index in [1.54, 1.807) is 42.5 Å². The van der Waals surface area contributed by atoms with Crippen molar-refractivity contribution in [1.82, 2.24) is 5.43 Å². The van der Waals surface area contributed by atoms with Crippen molar-refractivity contribution < 1.29 is 14.3 Å². The number of nitrogens with zero attached hydrogens (tertiary/aromatic N) is 1. The molecule has 7 heteroatoms. The van der Waals surface area contributed by atoms with Gasteiger partial charge in [-0.05, 0) is 59.2 Å². The predicted octanol–water partition coefficient (Wildman–Crippen LogP) is 6.87. The van der Waals surface area contributed by atoms with Gasteiger partial charge in [-0.2, -0.15) is 5.10 Å². The normalized spacial score (nSPS) is 17.3. The van der Waals surface area contributed by atoms with E-state index >= 15 is 0 Å². The SMILES string of the molecule is CC(C)(C)c1ccc(C2CC2C(=O)N/N=C\c2cc(Br)ccc2OC(=O)c2ccccc2Cl)cc1. The number of hydrogen-bond donors (Lipinski definition) is 1. The van der Waals surface area contributed by atoms with Crippen LogP contribution in [0.4, 0.5) is 0 Å². The third-order valence-corrected chi connectivity index (χ3v) is 6.80. The summed E-state index contributed by atoms with van der Waals surface area (Å²) >= 11 is 9.52. The van der Waals surface area contributed by atoms with Crippen LogP contribution in [0.3, 0.4) is 0 Å². The Bertz CT molecular complexity index is 1280. The van der Waals surface area contributed by atoms with E-state index in [0.717, 1.165) is 10.9 Å². The van der Waals surface area contributed by atoms with Gasteiger partial charge in [0, 0.05) is 16.0 Å². The number of hydrogen-bond acceptors (Lipinski definition) is 4. The van der Waals surface area contributed by atoms with E-state index in [-0.39, 0.29) is 28.7 Å². The highest BCUT2D eigenvalue weighted by Crippen LogP contribution is 2.47. The minimum absolute atomic E-state index is 0.0978. The van der Waals surface area contributed by atoms with Crippen LogP contribution in [0.2, 0.25) is 5.02 Å². The molecule has 0 bridgehead atoms. The Kier molecular flexibility index (Phi) is 7.43. The summed E-state index contributed by atoms with van der Waals surface area (Å²) in [7, 11) is 0. The summed E-state index contributed by atoms with van der Waals surface area (Å²) in [5.74, 6) is -0.296. The number of carbonyl (C=O) groups is 2. The number of ether oxygens (including phenoxy) is 1. The third kappa shape index (κ3) is 6.19. The molecule has 1 aliphatic carbocycles. The Labute approximate surface area is 218 Å². The second-order valence-electron chi connectivity index (χ2n) is 9.61. The molecular formula is C28H26BrClN2O3. The number of amides is 1. The van der Waals surface area contributed by atoms with Crippen LogP contribution in [-0.2, 0) is 10.2 Å². The van der Waals surface area contributed by atoms with Crippen molar-refractivity contribution in [3.8, 4) is 5.75 Å². The van der Waals surface area contributed by atoms with E-state index in [1.165, 1.54) is 17.3 Å². The number of halogens is 2. The summed E-state index contributed by atoms with van der Waals surface area (Å²) < 4.78 is 6.33. The van der Waals surface area contributed by atoms with Gasteiger partial charge in [0.25, 0.3) is 0 Å². The molecule has 5 nitrogen and oxygen atoms in total. The van der Waals surface area contributed by atoms with Gasteiger partial charge in [0.1, 0.15) is 5.75 Å². The Morgan fingerprint density at radius 2 is 1.80 bits per heavy atom. The second-order valence-corrected chi connectivity index (χ2v) is 10.9. The molecule has 1 N–H and O–H groups in total. The highest BCUT2D eigenvalue weighted by Gasteiger charge is 2.44. The molecule has 3 aromatic carbocycles. The first kappa shape index (κ1) is 25.1. The number of benzene rings is 3. The van der Waals surface area contributed by atoms with E-state index in [4.69, 9.17) is 16.3 Å². The summed E-state index contributed by atoms with van der Waals surface area (Å²) in [4.78, 5) is 25.2. The molecule has 0 aliphatic heterocycles. The first-order valence-electron chi connectivity index (χ1n) is 11.3. The molecule has 0 spiro atoms. The quantitative estimate of drug-likeness (QED) is 0.157. The Hall–Kier alpha value is -2.96. The minimum atomic E-state index is -0.574. The molecule has 0 saturated heterocycles. The van der Waals surface area contributed by atoms with Crippen LogP contribution in [0.25, 0.3) is 0 Å². The molecule has 0 aromatic heterocycles. The van der Waals surface area contributed by atoms with E-state index < -0.39 is 5.97 Å². The zero-order valence-corrected chi connectivity index (χ0v) is 22.1. The van der Waals surface area contributed by atoms with Gasteiger partial charge in [0.2, 0.25) is 5.91 Å². The van der Waals surface area contributed by atoms with Crippen LogP contribution in [0.5, 0.6) is 5.75 Å². The zero-order valence-electron chi connectivity index (χ0n) is 19.7. The monoisotopic (exact) mass is 552 g/mol. The van der Waals surface area contributed by atoms with Crippen molar-refractivity contribution >= 4 is 45.6 Å². The second kappa shape index (κ2) is 10.3. The molecule has 1 amide bonds. The van der Waals surface area contributed by atoms with Crippen molar-refractivity contribution in [3.05, 3.63) is 98.5 Å². The lowest BCUT2D eigenvalue weighted by Gasteiger charge is -2.19. The molecule has 35 heavy (non-hydrogen) atoms. The fourth-order valence-electron chi connectivity index (χ4n) is 3.83. The topological polar surface area (TPSA) is 67.8 Å². The average Bonchev–Trinajstić information content (AvgIpc) is 3.61. The highest BCUT2D eigenvalue weighted by atomic mass is 79.9. The summed E-state index contributed by atoms with van der Waals surface area (Å²) in [5, 5.41) is 4.42. The van der Waals surface area contributed by atoms with Crippen molar-refractivity contribution in [3.63, 3.8) is 0 Å². The van der Waals surface area contributed by atoms with Crippen LogP contribution < -0.4 is 10.2 Å². The first-order chi connectivity index (χ1) is 16.6. The number of rotatable bonds is 6. The Balaban J connectivity index is 1.39. The van der Waals surface area contributed by atoms with E-state index in [1.807, 2.05) is 0 Å². The number of nitrogens with one attached hydrogen (secondary N) is 1. The fraction of sp³-hybridized carbons (Fsp3) is 0.250. The molecular weight excluding hydrogens is 528 g/mol. The lowest BCUT2D eigenvalue weighted by atomic mass is 9.86. The van der Waals surface area contributed by atoms with E-state index in [0.29, 0.717) is 16.3 Å². The van der Waals surface area contributed by atoms with Gasteiger partial charge in [-0.1, -0.05) is 84.7 Å². The Morgan fingerprint density at radius 3 is 2.49 bits per heavy atom. The van der Waals surface area contributed by atoms with E-state index in [2.05, 4.69) is 71.5 Å². The standard InChI is InChI=1S/C28H26BrClN2O3/c1-28(2,3)19-10-8-17(9-11-19)22-15-23(22)26(33)32-31-16-18-14-20(29)12-13-25(18)35-27(34)21-6-4-5-7-24(21)30/h4-14,16,22-23H,15H2,1-3H3,(H,32,33)/b31-16-. The van der Waals surface area contributed by atoms with Gasteiger partial charge in [0.05, 0.1) is 16.8 Å². The van der Waals surface area contributed by atoms with Gasteiger partial charge >= 0.3 is 5.97 Å². The van der Waals surface area contributed by atoms with Crippen LogP contribution in [0.15, 0.2) is 76.3 Å². The number of esters is 1. The molecule has 1 saturated carbocycles. The maximum atomic E-state index is 12.6. The third-order valence-electron chi connectivity index (χ3n) is 5.98. The molecule has 3 aromatic rings. The number of carbonyl (C=O) groups excluding carboxylic acids is 2. The average molecular weight is 554 g/mol. The zero-order chi connectivity index (χ0) is 25.2. The van der Waals surface area contributed by atoms with Crippen molar-refractivity contribution in [2.45, 2.75) is 38.5 Å². The van der Waals surface area contributed by atoms with Gasteiger partial charge < -0.3 is 4.74 Å². The van der Waals surface area contributed by atoms with Crippen LogP contribution in [0, 0.1) is 5.92 Å². The molecule has 4 rings (SSSR count). The molecule has 0 heterocycles. The molecule has 0 radical (unpaired) electrons. The molecule has 180 valence electrons. The summed E-state index contributed by atoms with van der Waals surface area (Å²) in [6.07, 6.45) is 2.27. The maximum Gasteiger partial charge on any atom is 0.345 e. The molecule has 2 unspecified atom stereocenters. The van der Waals surface area contributed by atoms with Gasteiger partial charge in [-0.3, -0.25) is 4.79 Å². The largest absolute Gasteiger partial charge is 0.422 e. The molecule has 1 aliphatic rings. The van der Waals surface area contributed by atoms with Gasteiger partial charge in [-0.15, -0.1) is 0 Å².